The van der Waals surface area contributed by atoms with Crippen molar-refractivity contribution in [3.05, 3.63) is 35.4 Å². The van der Waals surface area contributed by atoms with Gasteiger partial charge in [0.15, 0.2) is 0 Å². The monoisotopic (exact) mass is 432 g/mol. The summed E-state index contributed by atoms with van der Waals surface area (Å²) < 4.78 is 0. The van der Waals surface area contributed by atoms with Gasteiger partial charge in [0.05, 0.1) is 0 Å². The van der Waals surface area contributed by atoms with Gasteiger partial charge < -0.3 is 0 Å². The molecule has 0 spiro atoms. The minimum atomic E-state index is 0. The Hall–Kier alpha value is 0.1000. The molecular weight excluding hydrogens is 404 g/mol. The van der Waals surface area contributed by atoms with Crippen molar-refractivity contribution in [3.8, 4) is 0 Å². The number of hydrogen-bond acceptors (Lipinski definition) is 2. The van der Waals surface area contributed by atoms with Gasteiger partial charge in [0, 0.05) is 13.1 Å². The predicted molar refractivity (Wildman–Crippen MR) is 105 cm³/mol. The van der Waals surface area contributed by atoms with Crippen molar-refractivity contribution in [3.63, 3.8) is 0 Å². The van der Waals surface area contributed by atoms with Gasteiger partial charge in [-0.3, -0.25) is 9.80 Å². The van der Waals surface area contributed by atoms with E-state index < -0.39 is 0 Å². The van der Waals surface area contributed by atoms with Gasteiger partial charge in [-0.15, -0.1) is 34.0 Å². The van der Waals surface area contributed by atoms with E-state index in [1.165, 1.54) is 75.8 Å². The van der Waals surface area contributed by atoms with Gasteiger partial charge in [-0.1, -0.05) is 37.1 Å². The molecule has 0 aliphatic carbocycles. The molecule has 2 fully saturated rings. The third-order valence-electron chi connectivity index (χ3n) is 4.73. The van der Waals surface area contributed by atoms with Crippen LogP contribution in [0.15, 0.2) is 24.3 Å². The number of benzene rings is 1. The smallest absolute Gasteiger partial charge is 0.0233 e. The summed E-state index contributed by atoms with van der Waals surface area (Å²) in [4.78, 5) is 5.20. The van der Waals surface area contributed by atoms with Crippen LogP contribution in [0.5, 0.6) is 0 Å². The summed E-state index contributed by atoms with van der Waals surface area (Å²) in [5, 5.41) is 0. The first-order valence-electron chi connectivity index (χ1n) is 8.43. The van der Waals surface area contributed by atoms with Crippen LogP contribution >= 0.6 is 34.0 Å². The van der Waals surface area contributed by atoms with E-state index in [9.17, 15) is 0 Å². The van der Waals surface area contributed by atoms with E-state index in [-0.39, 0.29) is 34.0 Å². The maximum atomic E-state index is 2.60. The molecule has 2 saturated heterocycles. The molecule has 2 nitrogen and oxygen atoms in total. The predicted octanol–water partition coefficient (Wildman–Crippen LogP) is 4.81. The lowest BCUT2D eigenvalue weighted by atomic mass is 10.1. The SMILES string of the molecule is Br.Br.c1cc(CN2CCCCC2)ccc1CN1CCCCC1. The van der Waals surface area contributed by atoms with Crippen LogP contribution in [0.25, 0.3) is 0 Å². The van der Waals surface area contributed by atoms with E-state index in [4.69, 9.17) is 0 Å². The highest BCUT2D eigenvalue weighted by atomic mass is 79.9. The van der Waals surface area contributed by atoms with Gasteiger partial charge in [0.2, 0.25) is 0 Å². The number of likely N-dealkylation sites (tertiary alicyclic amines) is 2. The number of rotatable bonds is 4. The molecule has 2 aliphatic rings. The first kappa shape index (κ1) is 20.1. The molecular formula is C18H30Br2N2. The molecule has 126 valence electrons. The minimum Gasteiger partial charge on any atom is -0.299 e. The molecule has 2 heterocycles. The van der Waals surface area contributed by atoms with Crippen molar-refractivity contribution >= 4 is 34.0 Å². The van der Waals surface area contributed by atoms with Crippen LogP contribution in [-0.2, 0) is 13.1 Å². The second kappa shape index (κ2) is 10.8. The molecule has 1 aromatic carbocycles. The summed E-state index contributed by atoms with van der Waals surface area (Å²) in [5.41, 5.74) is 2.96. The molecule has 22 heavy (non-hydrogen) atoms. The molecule has 4 heteroatoms. The quantitative estimate of drug-likeness (QED) is 0.671. The van der Waals surface area contributed by atoms with E-state index in [1.54, 1.807) is 0 Å². The Kier molecular flexibility index (Phi) is 9.89. The van der Waals surface area contributed by atoms with Crippen molar-refractivity contribution in [2.75, 3.05) is 26.2 Å². The zero-order chi connectivity index (χ0) is 13.6. The molecule has 0 aromatic heterocycles. The van der Waals surface area contributed by atoms with Gasteiger partial charge in [0.25, 0.3) is 0 Å². The third-order valence-corrected chi connectivity index (χ3v) is 4.73. The van der Waals surface area contributed by atoms with Gasteiger partial charge >= 0.3 is 0 Å². The summed E-state index contributed by atoms with van der Waals surface area (Å²) in [6, 6.07) is 9.36. The van der Waals surface area contributed by atoms with E-state index >= 15 is 0 Å². The highest BCUT2D eigenvalue weighted by Crippen LogP contribution is 2.16. The zero-order valence-corrected chi connectivity index (χ0v) is 16.9. The standard InChI is InChI=1S/C18H28N2.2BrH/c1-3-11-19(12-4-1)15-17-7-9-18(10-8-17)16-20-13-5-2-6-14-20;;/h7-10H,1-6,11-16H2;2*1H. The molecule has 0 saturated carbocycles. The fourth-order valence-electron chi connectivity index (χ4n) is 3.50. The number of piperidine rings is 2. The summed E-state index contributed by atoms with van der Waals surface area (Å²) in [7, 11) is 0. The summed E-state index contributed by atoms with van der Waals surface area (Å²) in [6.45, 7) is 7.43. The lowest BCUT2D eigenvalue weighted by Gasteiger charge is -2.27. The second-order valence-corrected chi connectivity index (χ2v) is 6.49. The molecule has 2 aliphatic heterocycles. The number of nitrogens with zero attached hydrogens (tertiary/aromatic N) is 2. The largest absolute Gasteiger partial charge is 0.299 e. The van der Waals surface area contributed by atoms with Crippen LogP contribution in [0.1, 0.15) is 49.7 Å². The summed E-state index contributed by atoms with van der Waals surface area (Å²) in [5.74, 6) is 0. The van der Waals surface area contributed by atoms with Crippen molar-refractivity contribution in [2.45, 2.75) is 51.6 Å². The Bertz CT molecular complexity index is 357. The average molecular weight is 434 g/mol. The Morgan fingerprint density at radius 3 is 1.18 bits per heavy atom. The Labute approximate surface area is 156 Å². The number of hydrogen-bond donors (Lipinski definition) is 0. The van der Waals surface area contributed by atoms with Gasteiger partial charge in [0.1, 0.15) is 0 Å². The third kappa shape index (κ3) is 6.31. The zero-order valence-electron chi connectivity index (χ0n) is 13.5. The maximum absolute atomic E-state index is 2.60. The Morgan fingerprint density at radius 2 is 0.864 bits per heavy atom. The topological polar surface area (TPSA) is 6.48 Å². The van der Waals surface area contributed by atoms with Crippen molar-refractivity contribution in [2.24, 2.45) is 0 Å². The van der Waals surface area contributed by atoms with E-state index in [2.05, 4.69) is 34.1 Å². The Balaban J connectivity index is 0.00000121. The maximum Gasteiger partial charge on any atom is 0.0233 e. The first-order valence-corrected chi connectivity index (χ1v) is 8.43. The van der Waals surface area contributed by atoms with Gasteiger partial charge in [-0.2, -0.15) is 0 Å². The van der Waals surface area contributed by atoms with Crippen molar-refractivity contribution < 1.29 is 0 Å². The second-order valence-electron chi connectivity index (χ2n) is 6.49. The molecule has 0 radical (unpaired) electrons. The lowest BCUT2D eigenvalue weighted by molar-refractivity contribution is 0.219. The fourth-order valence-corrected chi connectivity index (χ4v) is 3.50. The van der Waals surface area contributed by atoms with Crippen LogP contribution in [0.4, 0.5) is 0 Å². The van der Waals surface area contributed by atoms with E-state index in [0.717, 1.165) is 13.1 Å². The van der Waals surface area contributed by atoms with Crippen molar-refractivity contribution in [1.29, 1.82) is 0 Å². The van der Waals surface area contributed by atoms with Crippen LogP contribution in [0.3, 0.4) is 0 Å². The lowest BCUT2D eigenvalue weighted by Crippen LogP contribution is -2.29. The molecule has 0 atom stereocenters. The van der Waals surface area contributed by atoms with E-state index in [1.807, 2.05) is 0 Å². The molecule has 0 bridgehead atoms. The summed E-state index contributed by atoms with van der Waals surface area (Å²) >= 11 is 0. The van der Waals surface area contributed by atoms with Crippen LogP contribution in [0.2, 0.25) is 0 Å². The molecule has 0 amide bonds. The van der Waals surface area contributed by atoms with Crippen LogP contribution in [-0.4, -0.2) is 36.0 Å². The van der Waals surface area contributed by atoms with Crippen LogP contribution in [0, 0.1) is 0 Å². The number of halogens is 2. The van der Waals surface area contributed by atoms with Gasteiger partial charge in [-0.25, -0.2) is 0 Å². The van der Waals surface area contributed by atoms with E-state index in [0.29, 0.717) is 0 Å². The molecule has 3 rings (SSSR count). The molecule has 0 N–H and O–H groups in total. The molecule has 1 aromatic rings. The highest BCUT2D eigenvalue weighted by molar-refractivity contribution is 8.93. The van der Waals surface area contributed by atoms with Crippen LogP contribution < -0.4 is 0 Å². The fraction of sp³-hybridized carbons (Fsp3) is 0.667. The first-order chi connectivity index (χ1) is 9.90. The van der Waals surface area contributed by atoms with Gasteiger partial charge in [-0.05, 0) is 63.0 Å². The van der Waals surface area contributed by atoms with Crippen molar-refractivity contribution in [1.82, 2.24) is 9.80 Å². The minimum absolute atomic E-state index is 0. The molecule has 0 unspecified atom stereocenters. The Morgan fingerprint density at radius 1 is 0.545 bits per heavy atom. The average Bonchev–Trinajstić information content (AvgIpc) is 2.51. The normalized spacial score (nSPS) is 20.0. The highest BCUT2D eigenvalue weighted by Gasteiger charge is 2.12. The summed E-state index contributed by atoms with van der Waals surface area (Å²) in [6.07, 6.45) is 8.37.